The van der Waals surface area contributed by atoms with Crippen LogP contribution < -0.4 is 20.6 Å². The van der Waals surface area contributed by atoms with Crippen LogP contribution in [0.1, 0.15) is 0 Å². The maximum absolute atomic E-state index is 9.81. The molecule has 1 aromatic heterocycles. The number of hydrogen-bond acceptors (Lipinski definition) is 4. The highest BCUT2D eigenvalue weighted by molar-refractivity contribution is 5.96. The fraction of sp³-hybridized carbons (Fsp3) is 0.182. The standard InChI is InChI=1S/C11H11N5O3/c12-11(13)16-15-9-5-3-7-8(19-2-1-18-7)4-6(5)14-10(9)17/h3-4,14,17H,1-2H2,(H3,12,13)/p+1. The van der Waals surface area contributed by atoms with E-state index in [4.69, 9.17) is 20.6 Å². The Morgan fingerprint density at radius 3 is 2.68 bits per heavy atom. The molecular weight excluding hydrogens is 250 g/mol. The normalized spacial score (nSPS) is 14.1. The van der Waals surface area contributed by atoms with Crippen LogP contribution in [-0.2, 0) is 0 Å². The van der Waals surface area contributed by atoms with Gasteiger partial charge in [-0.3, -0.25) is 11.1 Å². The van der Waals surface area contributed by atoms with Gasteiger partial charge in [0.1, 0.15) is 13.2 Å². The fourth-order valence-corrected chi connectivity index (χ4v) is 1.91. The van der Waals surface area contributed by atoms with E-state index in [0.717, 1.165) is 0 Å². The third-order valence-electron chi connectivity index (χ3n) is 2.68. The second-order valence-corrected chi connectivity index (χ2v) is 3.99. The number of azo groups is 1. The maximum Gasteiger partial charge on any atom is 0.403 e. The second kappa shape index (κ2) is 4.16. The van der Waals surface area contributed by atoms with E-state index in [0.29, 0.717) is 35.6 Å². The summed E-state index contributed by atoms with van der Waals surface area (Å²) in [7, 11) is 0. The first-order valence-corrected chi connectivity index (χ1v) is 5.59. The Hall–Kier alpha value is -2.77. The summed E-state index contributed by atoms with van der Waals surface area (Å²) in [4.78, 5) is 2.78. The average Bonchev–Trinajstić information content (AvgIpc) is 2.68. The summed E-state index contributed by atoms with van der Waals surface area (Å²) in [5.41, 5.74) is 6.12. The number of fused-ring (bicyclic) bond motifs is 2. The third-order valence-corrected chi connectivity index (χ3v) is 2.68. The predicted octanol–water partition coefficient (Wildman–Crippen LogP) is -0.198. The summed E-state index contributed by atoms with van der Waals surface area (Å²) in [5, 5.41) is 23.0. The topological polar surface area (TPSA) is 131 Å². The lowest BCUT2D eigenvalue weighted by Crippen LogP contribution is -2.43. The molecule has 0 saturated heterocycles. The molecule has 2 heterocycles. The van der Waals surface area contributed by atoms with Crippen molar-refractivity contribution in [2.45, 2.75) is 0 Å². The number of aromatic nitrogens is 1. The molecule has 3 rings (SSSR count). The van der Waals surface area contributed by atoms with E-state index >= 15 is 0 Å². The van der Waals surface area contributed by atoms with Crippen molar-refractivity contribution in [3.63, 3.8) is 0 Å². The number of nitrogens with one attached hydrogen (secondary N) is 1. The number of H-pyrrole nitrogens is 1. The highest BCUT2D eigenvalue weighted by Gasteiger charge is 2.18. The van der Waals surface area contributed by atoms with E-state index in [1.165, 1.54) is 0 Å². The van der Waals surface area contributed by atoms with Crippen LogP contribution >= 0.6 is 0 Å². The van der Waals surface area contributed by atoms with Crippen LogP contribution in [0.4, 0.5) is 5.69 Å². The molecule has 6 N–H and O–H groups in total. The summed E-state index contributed by atoms with van der Waals surface area (Å²) in [5.74, 6) is 0.904. The van der Waals surface area contributed by atoms with Gasteiger partial charge in [0.15, 0.2) is 17.2 Å². The molecule has 8 heteroatoms. The van der Waals surface area contributed by atoms with Crippen LogP contribution in [0.25, 0.3) is 10.9 Å². The zero-order valence-electron chi connectivity index (χ0n) is 9.88. The molecule has 19 heavy (non-hydrogen) atoms. The Balaban J connectivity index is 2.17. The number of guanidine groups is 1. The van der Waals surface area contributed by atoms with E-state index in [2.05, 4.69) is 15.2 Å². The SMILES string of the molecule is NC(=[NH2+])N=Nc1c(O)[nH]c2cc3c(cc12)OCCO3. The highest BCUT2D eigenvalue weighted by atomic mass is 16.6. The van der Waals surface area contributed by atoms with Gasteiger partial charge >= 0.3 is 5.96 Å². The van der Waals surface area contributed by atoms with Crippen molar-refractivity contribution in [3.05, 3.63) is 12.1 Å². The van der Waals surface area contributed by atoms with Crippen molar-refractivity contribution < 1.29 is 20.0 Å². The molecule has 0 bridgehead atoms. The molecule has 0 spiro atoms. The number of nitrogens with two attached hydrogens (primary N) is 2. The van der Waals surface area contributed by atoms with E-state index in [9.17, 15) is 5.11 Å². The van der Waals surface area contributed by atoms with E-state index in [1.54, 1.807) is 12.1 Å². The molecule has 0 aliphatic carbocycles. The number of benzene rings is 1. The summed E-state index contributed by atoms with van der Waals surface area (Å²) < 4.78 is 10.9. The molecule has 0 saturated carbocycles. The fourth-order valence-electron chi connectivity index (χ4n) is 1.91. The van der Waals surface area contributed by atoms with Crippen LogP contribution in [0.15, 0.2) is 22.4 Å². The number of ether oxygens (including phenoxy) is 2. The number of nitrogens with zero attached hydrogens (tertiary/aromatic N) is 2. The largest absolute Gasteiger partial charge is 0.493 e. The molecule has 0 amide bonds. The molecule has 2 aromatic rings. The molecule has 0 fully saturated rings. The Morgan fingerprint density at radius 1 is 1.32 bits per heavy atom. The van der Waals surface area contributed by atoms with Crippen molar-refractivity contribution in [1.82, 2.24) is 4.98 Å². The van der Waals surface area contributed by atoms with E-state index in [-0.39, 0.29) is 17.5 Å². The van der Waals surface area contributed by atoms with Gasteiger partial charge in [0.05, 0.1) is 5.52 Å². The molecule has 0 unspecified atom stereocenters. The van der Waals surface area contributed by atoms with E-state index < -0.39 is 0 Å². The first-order chi connectivity index (χ1) is 9.15. The van der Waals surface area contributed by atoms with Gasteiger partial charge in [-0.1, -0.05) is 5.11 Å². The van der Waals surface area contributed by atoms with Gasteiger partial charge in [0, 0.05) is 16.6 Å². The summed E-state index contributed by atoms with van der Waals surface area (Å²) >= 11 is 0. The molecule has 0 atom stereocenters. The maximum atomic E-state index is 9.81. The van der Waals surface area contributed by atoms with Crippen molar-refractivity contribution in [1.29, 1.82) is 0 Å². The van der Waals surface area contributed by atoms with Crippen molar-refractivity contribution in [2.24, 2.45) is 16.0 Å². The van der Waals surface area contributed by atoms with Gasteiger partial charge < -0.3 is 19.6 Å². The van der Waals surface area contributed by atoms with Crippen molar-refractivity contribution in [2.75, 3.05) is 13.2 Å². The van der Waals surface area contributed by atoms with Crippen molar-refractivity contribution in [3.8, 4) is 17.4 Å². The molecule has 1 aliphatic rings. The first-order valence-electron chi connectivity index (χ1n) is 5.59. The number of aromatic hydroxyl groups is 1. The minimum absolute atomic E-state index is 0.123. The summed E-state index contributed by atoms with van der Waals surface area (Å²) in [6.45, 7) is 0.978. The van der Waals surface area contributed by atoms with E-state index in [1.807, 2.05) is 0 Å². The number of hydrogen-bond donors (Lipinski definition) is 4. The molecule has 0 radical (unpaired) electrons. The molecule has 8 nitrogen and oxygen atoms in total. The Morgan fingerprint density at radius 2 is 2.00 bits per heavy atom. The molecule has 98 valence electrons. The number of rotatable bonds is 1. The van der Waals surface area contributed by atoms with Gasteiger partial charge in [-0.05, 0) is 6.07 Å². The number of aromatic amines is 1. The van der Waals surface area contributed by atoms with Gasteiger partial charge in [-0.2, -0.15) is 0 Å². The summed E-state index contributed by atoms with van der Waals surface area (Å²) in [6, 6.07) is 3.46. The van der Waals surface area contributed by atoms with Gasteiger partial charge in [-0.15, -0.1) is 0 Å². The van der Waals surface area contributed by atoms with Crippen LogP contribution in [-0.4, -0.2) is 29.3 Å². The Labute approximate surface area is 107 Å². The van der Waals surface area contributed by atoms with Gasteiger partial charge in [0.2, 0.25) is 5.88 Å². The quantitative estimate of drug-likeness (QED) is 0.322. The van der Waals surface area contributed by atoms with Gasteiger partial charge in [-0.25, -0.2) is 0 Å². The minimum atomic E-state index is -0.189. The monoisotopic (exact) mass is 262 g/mol. The molecule has 1 aromatic carbocycles. The minimum Gasteiger partial charge on any atom is -0.493 e. The van der Waals surface area contributed by atoms with Crippen molar-refractivity contribution >= 4 is 22.5 Å². The average molecular weight is 262 g/mol. The Kier molecular flexibility index (Phi) is 2.48. The smallest absolute Gasteiger partial charge is 0.403 e. The lowest BCUT2D eigenvalue weighted by Gasteiger charge is -2.17. The first kappa shape index (κ1) is 11.3. The van der Waals surface area contributed by atoms with Crippen LogP contribution in [0.3, 0.4) is 0 Å². The van der Waals surface area contributed by atoms with Gasteiger partial charge in [0.25, 0.3) is 0 Å². The van der Waals surface area contributed by atoms with Crippen LogP contribution in [0.5, 0.6) is 17.4 Å². The predicted molar refractivity (Wildman–Crippen MR) is 66.6 cm³/mol. The Bertz CT molecular complexity index is 691. The third kappa shape index (κ3) is 1.92. The lowest BCUT2D eigenvalue weighted by atomic mass is 10.2. The van der Waals surface area contributed by atoms with Crippen LogP contribution in [0, 0.1) is 0 Å². The van der Waals surface area contributed by atoms with Crippen LogP contribution in [0.2, 0.25) is 0 Å². The molecule has 1 aliphatic heterocycles. The molecular formula is C11H12N5O3+. The lowest BCUT2D eigenvalue weighted by molar-refractivity contribution is -0.117. The summed E-state index contributed by atoms with van der Waals surface area (Å²) in [6.07, 6.45) is 0. The zero-order valence-corrected chi connectivity index (χ0v) is 9.88. The zero-order chi connectivity index (χ0) is 13.4. The second-order valence-electron chi connectivity index (χ2n) is 3.99. The highest BCUT2D eigenvalue weighted by Crippen LogP contribution is 2.42.